The first-order valence-electron chi connectivity index (χ1n) is 6.96. The quantitative estimate of drug-likeness (QED) is 0.508. The topological polar surface area (TPSA) is 47.9 Å². The normalized spacial score (nSPS) is 13.4. The van der Waals surface area contributed by atoms with Gasteiger partial charge in [-0.3, -0.25) is 0 Å². The highest BCUT2D eigenvalue weighted by molar-refractivity contribution is 5.97. The molecule has 1 unspecified atom stereocenters. The molecular weight excluding hydrogens is 253 g/mol. The number of halogens is 1. The minimum atomic E-state index is -0.255. The molecule has 0 amide bonds. The summed E-state index contributed by atoms with van der Waals surface area (Å²) in [6, 6.07) is 6.13. The lowest BCUT2D eigenvalue weighted by atomic mass is 9.97. The van der Waals surface area contributed by atoms with Crippen molar-refractivity contribution in [2.24, 2.45) is 5.92 Å². The summed E-state index contributed by atoms with van der Waals surface area (Å²) in [6.45, 7) is 8.16. The summed E-state index contributed by atoms with van der Waals surface area (Å²) in [6.07, 6.45) is 1.87. The van der Waals surface area contributed by atoms with E-state index in [9.17, 15) is 4.39 Å². The van der Waals surface area contributed by atoms with E-state index in [1.165, 1.54) is 12.1 Å². The van der Waals surface area contributed by atoms with Crippen LogP contribution in [0.2, 0.25) is 0 Å². The predicted molar refractivity (Wildman–Crippen MR) is 83.3 cm³/mol. The molecule has 0 spiro atoms. The highest BCUT2D eigenvalue weighted by Crippen LogP contribution is 2.14. The van der Waals surface area contributed by atoms with Crippen molar-refractivity contribution in [2.45, 2.75) is 40.5 Å². The van der Waals surface area contributed by atoms with Gasteiger partial charge in [0.1, 0.15) is 5.82 Å². The summed E-state index contributed by atoms with van der Waals surface area (Å²) in [5.74, 6) is 0.268. The van der Waals surface area contributed by atoms with E-state index in [1.807, 2.05) is 13.8 Å². The maximum atomic E-state index is 12.8. The van der Waals surface area contributed by atoms with Gasteiger partial charge in [-0.05, 0) is 56.0 Å². The average Bonchev–Trinajstić information content (AvgIpc) is 2.45. The van der Waals surface area contributed by atoms with Crippen LogP contribution in [0.4, 0.5) is 10.1 Å². The van der Waals surface area contributed by atoms with E-state index in [1.54, 1.807) is 12.1 Å². The van der Waals surface area contributed by atoms with Gasteiger partial charge in [-0.2, -0.15) is 0 Å². The summed E-state index contributed by atoms with van der Waals surface area (Å²) in [4.78, 5) is 0. The maximum absolute atomic E-state index is 12.8. The number of nitrogens with one attached hydrogen (secondary N) is 3. The van der Waals surface area contributed by atoms with E-state index in [0.29, 0.717) is 11.6 Å². The van der Waals surface area contributed by atoms with Crippen LogP contribution in [0.1, 0.15) is 40.5 Å². The number of hydrogen-bond acceptors (Lipinski definition) is 3. The molecule has 4 heteroatoms. The second-order valence-corrected chi connectivity index (χ2v) is 5.20. The first kappa shape index (κ1) is 16.2. The van der Waals surface area contributed by atoms with Crippen LogP contribution in [0.5, 0.6) is 0 Å². The van der Waals surface area contributed by atoms with Crippen LogP contribution >= 0.6 is 0 Å². The summed E-state index contributed by atoms with van der Waals surface area (Å²) in [5, 5.41) is 8.09. The molecule has 20 heavy (non-hydrogen) atoms. The number of rotatable bonds is 7. The molecule has 1 rings (SSSR count). The van der Waals surface area contributed by atoms with Crippen LogP contribution in [-0.2, 0) is 0 Å². The van der Waals surface area contributed by atoms with Gasteiger partial charge in [0.15, 0.2) is 0 Å². The lowest BCUT2D eigenvalue weighted by Gasteiger charge is -2.15. The van der Waals surface area contributed by atoms with Crippen molar-refractivity contribution in [2.75, 3.05) is 5.43 Å². The highest BCUT2D eigenvalue weighted by atomic mass is 19.1. The molecule has 0 fully saturated rings. The van der Waals surface area contributed by atoms with Crippen molar-refractivity contribution in [1.82, 2.24) is 5.43 Å². The minimum absolute atomic E-state index is 0.255. The molecule has 1 aromatic rings. The summed E-state index contributed by atoms with van der Waals surface area (Å²) >= 11 is 0. The Morgan fingerprint density at radius 2 is 1.85 bits per heavy atom. The van der Waals surface area contributed by atoms with Crippen molar-refractivity contribution in [3.8, 4) is 0 Å². The first-order chi connectivity index (χ1) is 9.43. The van der Waals surface area contributed by atoms with Gasteiger partial charge in [0.25, 0.3) is 0 Å². The molecule has 0 saturated heterocycles. The van der Waals surface area contributed by atoms with Gasteiger partial charge in [0.2, 0.25) is 0 Å². The summed E-state index contributed by atoms with van der Waals surface area (Å²) in [5.41, 5.74) is 9.35. The molecule has 0 heterocycles. The monoisotopic (exact) mass is 277 g/mol. The first-order valence-corrected chi connectivity index (χ1v) is 6.96. The van der Waals surface area contributed by atoms with Crippen molar-refractivity contribution in [3.63, 3.8) is 0 Å². The van der Waals surface area contributed by atoms with Crippen molar-refractivity contribution in [3.05, 3.63) is 41.4 Å². The van der Waals surface area contributed by atoms with E-state index in [2.05, 4.69) is 24.7 Å². The largest absolute Gasteiger partial charge is 0.305 e. The number of hydrazine groups is 1. The van der Waals surface area contributed by atoms with Crippen LogP contribution < -0.4 is 10.9 Å². The lowest BCUT2D eigenvalue weighted by molar-refractivity contribution is 0.585. The lowest BCUT2D eigenvalue weighted by Crippen LogP contribution is -2.22. The molecule has 0 aliphatic carbocycles. The van der Waals surface area contributed by atoms with Gasteiger partial charge < -0.3 is 16.3 Å². The van der Waals surface area contributed by atoms with Gasteiger partial charge >= 0.3 is 0 Å². The van der Waals surface area contributed by atoms with E-state index in [-0.39, 0.29) is 5.82 Å². The predicted octanol–water partition coefficient (Wildman–Crippen LogP) is 4.49. The zero-order valence-electron chi connectivity index (χ0n) is 12.7. The molecular formula is C16H24FN3. The van der Waals surface area contributed by atoms with Gasteiger partial charge in [-0.15, -0.1) is 0 Å². The second kappa shape index (κ2) is 7.68. The van der Waals surface area contributed by atoms with Crippen LogP contribution in [-0.4, -0.2) is 5.71 Å². The fraction of sp³-hybridized carbons (Fsp3) is 0.438. The Kier molecular flexibility index (Phi) is 6.22. The van der Waals surface area contributed by atoms with Crippen LogP contribution in [0.15, 0.2) is 35.5 Å². The molecule has 0 radical (unpaired) electrons. The standard InChI is InChI=1S/C16H24FN3/c1-5-11(2)10-16(18)12(3)13(4)19-20-15-8-6-14(17)7-9-15/h6-9,11,18-20H,5,10H2,1-4H3. The smallest absolute Gasteiger partial charge is 0.123 e. The second-order valence-electron chi connectivity index (χ2n) is 5.20. The van der Waals surface area contributed by atoms with Crippen molar-refractivity contribution >= 4 is 11.4 Å². The summed E-state index contributed by atoms with van der Waals surface area (Å²) < 4.78 is 12.8. The fourth-order valence-electron chi connectivity index (χ4n) is 1.67. The third-order valence-electron chi connectivity index (χ3n) is 3.50. The molecule has 110 valence electrons. The number of hydrogen-bond donors (Lipinski definition) is 3. The van der Waals surface area contributed by atoms with Gasteiger partial charge in [-0.25, -0.2) is 4.39 Å². The molecule has 0 saturated carbocycles. The Morgan fingerprint density at radius 1 is 1.25 bits per heavy atom. The zero-order chi connectivity index (χ0) is 15.1. The zero-order valence-corrected chi connectivity index (χ0v) is 12.7. The molecule has 3 N–H and O–H groups in total. The Morgan fingerprint density at radius 3 is 2.40 bits per heavy atom. The van der Waals surface area contributed by atoms with E-state index in [4.69, 9.17) is 5.41 Å². The molecule has 1 aromatic carbocycles. The average molecular weight is 277 g/mol. The van der Waals surface area contributed by atoms with E-state index < -0.39 is 0 Å². The van der Waals surface area contributed by atoms with Crippen LogP contribution in [0.3, 0.4) is 0 Å². The van der Waals surface area contributed by atoms with Gasteiger partial charge in [0.05, 0.1) is 5.69 Å². The SMILES string of the molecule is CCC(C)CC(=N)C(C)=C(C)NNc1ccc(F)cc1. The molecule has 0 aliphatic rings. The fourth-order valence-corrected chi connectivity index (χ4v) is 1.67. The van der Waals surface area contributed by atoms with Gasteiger partial charge in [-0.1, -0.05) is 20.3 Å². The molecule has 1 atom stereocenters. The Bertz CT molecular complexity index is 477. The van der Waals surface area contributed by atoms with E-state index in [0.717, 1.165) is 29.8 Å². The minimum Gasteiger partial charge on any atom is -0.305 e. The van der Waals surface area contributed by atoms with Gasteiger partial charge in [0, 0.05) is 11.4 Å². The molecule has 0 aliphatic heterocycles. The van der Waals surface area contributed by atoms with Crippen LogP contribution in [0, 0.1) is 17.1 Å². The Labute approximate surface area is 120 Å². The van der Waals surface area contributed by atoms with Crippen LogP contribution in [0.25, 0.3) is 0 Å². The number of allylic oxidation sites excluding steroid dienone is 2. The number of anilines is 1. The van der Waals surface area contributed by atoms with Crippen molar-refractivity contribution < 1.29 is 4.39 Å². The molecule has 3 nitrogen and oxygen atoms in total. The third-order valence-corrected chi connectivity index (χ3v) is 3.50. The molecule has 0 aromatic heterocycles. The highest BCUT2D eigenvalue weighted by Gasteiger charge is 2.08. The summed E-state index contributed by atoms with van der Waals surface area (Å²) in [7, 11) is 0. The van der Waals surface area contributed by atoms with E-state index >= 15 is 0 Å². The van der Waals surface area contributed by atoms with Crippen molar-refractivity contribution in [1.29, 1.82) is 5.41 Å². The Balaban J connectivity index is 2.59. The number of benzene rings is 1. The third kappa shape index (κ3) is 5.03. The maximum Gasteiger partial charge on any atom is 0.123 e. The molecule has 0 bridgehead atoms. The Hall–Kier alpha value is -1.84.